The van der Waals surface area contributed by atoms with Crippen LogP contribution in [0.4, 0.5) is 19.3 Å². The second kappa shape index (κ2) is 7.62. The van der Waals surface area contributed by atoms with Gasteiger partial charge in [0.2, 0.25) is 5.43 Å². The molecule has 1 saturated carbocycles. The largest absolute Gasteiger partial charge is 0.511 e. The van der Waals surface area contributed by atoms with E-state index in [0.29, 0.717) is 19.0 Å². The third-order valence-electron chi connectivity index (χ3n) is 5.57. The number of halogens is 2. The van der Waals surface area contributed by atoms with Crippen LogP contribution in [0.5, 0.6) is 5.75 Å². The van der Waals surface area contributed by atoms with Crippen LogP contribution in [0.15, 0.2) is 17.1 Å². The van der Waals surface area contributed by atoms with Crippen LogP contribution in [0, 0.1) is 17.6 Å². The monoisotopic (exact) mass is 407 g/mol. The molecular formula is C20H23F2N3O4. The Bertz CT molecular complexity index is 1020. The maximum Gasteiger partial charge on any atom is 0.511 e. The van der Waals surface area contributed by atoms with Gasteiger partial charge in [-0.05, 0) is 44.3 Å². The molecule has 1 aliphatic heterocycles. The van der Waals surface area contributed by atoms with Gasteiger partial charge in [-0.25, -0.2) is 13.6 Å². The second-order valence-corrected chi connectivity index (χ2v) is 7.65. The van der Waals surface area contributed by atoms with Crippen LogP contribution < -0.4 is 20.4 Å². The number of rotatable bonds is 6. The number of nitrogens with one attached hydrogen (secondary N) is 1. The van der Waals surface area contributed by atoms with Crippen molar-refractivity contribution in [3.63, 3.8) is 0 Å². The van der Waals surface area contributed by atoms with Crippen molar-refractivity contribution in [2.24, 2.45) is 5.92 Å². The van der Waals surface area contributed by atoms with Crippen LogP contribution in [0.25, 0.3) is 10.9 Å². The van der Waals surface area contributed by atoms with Crippen molar-refractivity contribution in [1.82, 2.24) is 9.88 Å². The molecule has 1 aliphatic carbocycles. The first kappa shape index (κ1) is 19.6. The Hall–Kier alpha value is -2.68. The van der Waals surface area contributed by atoms with E-state index in [1.165, 1.54) is 10.8 Å². The summed E-state index contributed by atoms with van der Waals surface area (Å²) in [7, 11) is 0. The summed E-state index contributed by atoms with van der Waals surface area (Å²) in [6.07, 6.45) is 1.94. The lowest BCUT2D eigenvalue weighted by Gasteiger charge is -2.22. The minimum Gasteiger partial charge on any atom is -0.449 e. The highest BCUT2D eigenvalue weighted by Crippen LogP contribution is 2.40. The molecule has 29 heavy (non-hydrogen) atoms. The Labute approximate surface area is 165 Å². The van der Waals surface area contributed by atoms with Gasteiger partial charge < -0.3 is 24.6 Å². The number of pyridine rings is 1. The average molecular weight is 407 g/mol. The highest BCUT2D eigenvalue weighted by atomic mass is 19.1. The lowest BCUT2D eigenvalue weighted by molar-refractivity contribution is 0.143. The van der Waals surface area contributed by atoms with E-state index in [1.807, 2.05) is 6.92 Å². The summed E-state index contributed by atoms with van der Waals surface area (Å²) < 4.78 is 36.6. The van der Waals surface area contributed by atoms with Crippen LogP contribution in [0.2, 0.25) is 0 Å². The molecule has 2 fully saturated rings. The topological polar surface area (TPSA) is 83.8 Å². The molecule has 2 aromatic rings. The molecular weight excluding hydrogens is 384 g/mol. The first-order chi connectivity index (χ1) is 13.9. The van der Waals surface area contributed by atoms with Gasteiger partial charge in [0, 0.05) is 19.1 Å². The van der Waals surface area contributed by atoms with Crippen molar-refractivity contribution in [2.45, 2.75) is 32.2 Å². The van der Waals surface area contributed by atoms with E-state index in [0.717, 1.165) is 38.4 Å². The molecule has 1 saturated heterocycles. The third-order valence-corrected chi connectivity index (χ3v) is 5.57. The molecule has 0 radical (unpaired) electrons. The third kappa shape index (κ3) is 3.66. The Morgan fingerprint density at radius 2 is 2.10 bits per heavy atom. The Morgan fingerprint density at radius 3 is 2.76 bits per heavy atom. The predicted molar refractivity (Wildman–Crippen MR) is 104 cm³/mol. The first-order valence-electron chi connectivity index (χ1n) is 9.84. The number of fused-ring (bicyclic) bond motifs is 1. The minimum atomic E-state index is -1.65. The Morgan fingerprint density at radius 1 is 1.34 bits per heavy atom. The summed E-state index contributed by atoms with van der Waals surface area (Å²) in [6, 6.07) is 0.934. The number of hydrogen-bond donors (Lipinski definition) is 2. The zero-order valence-electron chi connectivity index (χ0n) is 16.1. The van der Waals surface area contributed by atoms with E-state index >= 15 is 4.39 Å². The van der Waals surface area contributed by atoms with Gasteiger partial charge in [-0.1, -0.05) is 6.92 Å². The summed E-state index contributed by atoms with van der Waals surface area (Å²) in [5.74, 6) is -1.77. The van der Waals surface area contributed by atoms with Gasteiger partial charge in [0.1, 0.15) is 11.5 Å². The van der Waals surface area contributed by atoms with E-state index in [9.17, 15) is 14.0 Å². The summed E-state index contributed by atoms with van der Waals surface area (Å²) in [5, 5.41) is 11.9. The molecule has 156 valence electrons. The first-order valence-corrected chi connectivity index (χ1v) is 9.84. The van der Waals surface area contributed by atoms with Gasteiger partial charge in [0.15, 0.2) is 11.6 Å². The Balaban J connectivity index is 1.81. The molecule has 1 aromatic heterocycles. The number of anilines is 1. The summed E-state index contributed by atoms with van der Waals surface area (Å²) >= 11 is 0. The number of nitrogens with zero attached hydrogens (tertiary/aromatic N) is 2. The van der Waals surface area contributed by atoms with E-state index in [1.54, 1.807) is 4.90 Å². The maximum atomic E-state index is 15.6. The van der Waals surface area contributed by atoms with Crippen molar-refractivity contribution in [3.8, 4) is 5.75 Å². The minimum absolute atomic E-state index is 0.00164. The fourth-order valence-corrected chi connectivity index (χ4v) is 4.05. The van der Waals surface area contributed by atoms with Crippen molar-refractivity contribution in [1.29, 1.82) is 0 Å². The quantitative estimate of drug-likeness (QED) is 0.716. The van der Waals surface area contributed by atoms with Crippen LogP contribution in [0.3, 0.4) is 0 Å². The van der Waals surface area contributed by atoms with E-state index in [-0.39, 0.29) is 22.6 Å². The summed E-state index contributed by atoms with van der Waals surface area (Å²) in [6.45, 7) is 4.69. The van der Waals surface area contributed by atoms with Gasteiger partial charge in [0.05, 0.1) is 17.1 Å². The lowest BCUT2D eigenvalue weighted by Crippen LogP contribution is -2.27. The van der Waals surface area contributed by atoms with Crippen molar-refractivity contribution >= 4 is 22.7 Å². The van der Waals surface area contributed by atoms with Crippen molar-refractivity contribution < 1.29 is 23.4 Å². The van der Waals surface area contributed by atoms with Gasteiger partial charge in [-0.3, -0.25) is 4.79 Å². The average Bonchev–Trinajstić information content (AvgIpc) is 3.41. The SMILES string of the molecule is CCNCC1CCN(c2c(F)cc3c(=O)c(OC(=O)O)cn(C4CC4)c3c2F)C1. The zero-order valence-corrected chi connectivity index (χ0v) is 16.1. The Kier molecular flexibility index (Phi) is 5.16. The second-order valence-electron chi connectivity index (χ2n) is 7.65. The number of carbonyl (C=O) groups is 1. The molecule has 4 rings (SSSR count). The molecule has 2 N–H and O–H groups in total. The van der Waals surface area contributed by atoms with Gasteiger partial charge in [-0.15, -0.1) is 0 Å². The molecule has 7 nitrogen and oxygen atoms in total. The molecule has 1 aromatic carbocycles. The number of aromatic nitrogens is 1. The van der Waals surface area contributed by atoms with Crippen LogP contribution in [0.1, 0.15) is 32.2 Å². The van der Waals surface area contributed by atoms with E-state index in [4.69, 9.17) is 5.11 Å². The van der Waals surface area contributed by atoms with Gasteiger partial charge in [0.25, 0.3) is 0 Å². The van der Waals surface area contributed by atoms with Crippen molar-refractivity contribution in [2.75, 3.05) is 31.1 Å². The highest BCUT2D eigenvalue weighted by molar-refractivity contribution is 5.86. The standard InChI is InChI=1S/C20H23F2N3O4/c1-2-23-8-11-5-6-24(9-11)18-14(21)7-13-17(16(18)22)25(12-3-4-12)10-15(19(13)26)29-20(27)28/h7,10-12,23H,2-6,8-9H2,1H3,(H,27,28). The summed E-state index contributed by atoms with van der Waals surface area (Å²) in [4.78, 5) is 25.2. The molecule has 9 heteroatoms. The van der Waals surface area contributed by atoms with Crippen LogP contribution >= 0.6 is 0 Å². The maximum absolute atomic E-state index is 15.6. The van der Waals surface area contributed by atoms with Crippen LogP contribution in [-0.2, 0) is 0 Å². The van der Waals surface area contributed by atoms with Gasteiger partial charge in [-0.2, -0.15) is 0 Å². The predicted octanol–water partition coefficient (Wildman–Crippen LogP) is 3.11. The molecule has 2 heterocycles. The lowest BCUT2D eigenvalue weighted by atomic mass is 10.1. The molecule has 0 amide bonds. The molecule has 0 spiro atoms. The number of benzene rings is 1. The van der Waals surface area contributed by atoms with Crippen molar-refractivity contribution in [3.05, 3.63) is 34.1 Å². The molecule has 1 unspecified atom stereocenters. The fourth-order valence-electron chi connectivity index (χ4n) is 4.05. The molecule has 2 aliphatic rings. The van der Waals surface area contributed by atoms with Crippen LogP contribution in [-0.4, -0.2) is 42.0 Å². The molecule has 0 bridgehead atoms. The fraction of sp³-hybridized carbons (Fsp3) is 0.500. The normalized spacial score (nSPS) is 19.1. The number of ether oxygens (including phenoxy) is 1. The van der Waals surface area contributed by atoms with E-state index < -0.39 is 29.0 Å². The van der Waals surface area contributed by atoms with E-state index in [2.05, 4.69) is 10.1 Å². The zero-order chi connectivity index (χ0) is 20.7. The smallest absolute Gasteiger partial charge is 0.449 e. The number of hydrogen-bond acceptors (Lipinski definition) is 5. The summed E-state index contributed by atoms with van der Waals surface area (Å²) in [5.41, 5.74) is -0.964. The highest BCUT2D eigenvalue weighted by Gasteiger charge is 2.32. The van der Waals surface area contributed by atoms with Gasteiger partial charge >= 0.3 is 6.16 Å². The molecule has 1 atom stereocenters. The number of carboxylic acid groups (broad SMARTS) is 1.